The second-order valence-corrected chi connectivity index (χ2v) is 3.56. The van der Waals surface area contributed by atoms with Crippen molar-refractivity contribution in [2.75, 3.05) is 21.3 Å². The van der Waals surface area contributed by atoms with Crippen molar-refractivity contribution in [2.45, 2.75) is 5.38 Å². The zero-order valence-electron chi connectivity index (χ0n) is 9.41. The first-order valence-electron chi connectivity index (χ1n) is 4.71. The van der Waals surface area contributed by atoms with E-state index in [1.54, 1.807) is 32.4 Å². The van der Waals surface area contributed by atoms with Gasteiger partial charge in [0.15, 0.2) is 0 Å². The van der Waals surface area contributed by atoms with Crippen molar-refractivity contribution in [3.63, 3.8) is 0 Å². The summed E-state index contributed by atoms with van der Waals surface area (Å²) in [6.07, 6.45) is 0. The number of amides is 1. The Morgan fingerprint density at radius 2 is 1.75 bits per heavy atom. The number of alkyl halides is 1. The molecule has 16 heavy (non-hydrogen) atoms. The Labute approximate surface area is 99.5 Å². The van der Waals surface area contributed by atoms with Gasteiger partial charge in [-0.2, -0.15) is 0 Å². The smallest absolute Gasteiger partial charge is 0.242 e. The van der Waals surface area contributed by atoms with Crippen LogP contribution in [0, 0.1) is 0 Å². The van der Waals surface area contributed by atoms with E-state index < -0.39 is 5.38 Å². The van der Waals surface area contributed by atoms with Gasteiger partial charge in [-0.1, -0.05) is 0 Å². The number of rotatable bonds is 4. The molecule has 1 unspecified atom stereocenters. The standard InChI is InChI=1S/C11H14ClNO3/c1-13-11(14)10(12)7-4-8(15-2)6-9(5-7)16-3/h4-6,10H,1-3H3,(H,13,14). The number of halogens is 1. The number of likely N-dealkylation sites (N-methyl/N-ethyl adjacent to an activating group) is 1. The van der Waals surface area contributed by atoms with Crippen LogP contribution in [0.25, 0.3) is 0 Å². The topological polar surface area (TPSA) is 47.6 Å². The molecule has 0 aliphatic carbocycles. The van der Waals surface area contributed by atoms with E-state index in [1.807, 2.05) is 0 Å². The molecule has 1 aromatic carbocycles. The molecule has 0 bridgehead atoms. The predicted molar refractivity (Wildman–Crippen MR) is 62.2 cm³/mol. The van der Waals surface area contributed by atoms with Crippen molar-refractivity contribution < 1.29 is 14.3 Å². The van der Waals surface area contributed by atoms with Crippen molar-refractivity contribution in [1.82, 2.24) is 5.32 Å². The molecule has 1 rings (SSSR count). The van der Waals surface area contributed by atoms with Crippen molar-refractivity contribution in [1.29, 1.82) is 0 Å². The Kier molecular flexibility index (Phi) is 4.43. The number of methoxy groups -OCH3 is 2. The summed E-state index contributed by atoms with van der Waals surface area (Å²) < 4.78 is 10.2. The Morgan fingerprint density at radius 3 is 2.12 bits per heavy atom. The molecule has 1 atom stereocenters. The lowest BCUT2D eigenvalue weighted by molar-refractivity contribution is -0.120. The molecule has 0 aliphatic heterocycles. The SMILES string of the molecule is CNC(=O)C(Cl)c1cc(OC)cc(OC)c1. The fourth-order valence-electron chi connectivity index (χ4n) is 1.25. The van der Waals surface area contributed by atoms with Gasteiger partial charge in [0.05, 0.1) is 14.2 Å². The first kappa shape index (κ1) is 12.6. The average molecular weight is 244 g/mol. The van der Waals surface area contributed by atoms with Crippen molar-refractivity contribution in [2.24, 2.45) is 0 Å². The monoisotopic (exact) mass is 243 g/mol. The summed E-state index contributed by atoms with van der Waals surface area (Å²) in [7, 11) is 4.62. The van der Waals surface area contributed by atoms with E-state index in [2.05, 4.69) is 5.32 Å². The molecule has 0 saturated heterocycles. The Balaban J connectivity index is 3.07. The fourth-order valence-corrected chi connectivity index (χ4v) is 1.49. The van der Waals surface area contributed by atoms with Crippen molar-refractivity contribution in [3.05, 3.63) is 23.8 Å². The summed E-state index contributed by atoms with van der Waals surface area (Å²) in [5, 5.41) is 1.73. The molecule has 88 valence electrons. The number of hydrogen-bond donors (Lipinski definition) is 1. The summed E-state index contributed by atoms with van der Waals surface area (Å²) in [4.78, 5) is 11.4. The lowest BCUT2D eigenvalue weighted by Crippen LogP contribution is -2.22. The summed E-state index contributed by atoms with van der Waals surface area (Å²) >= 11 is 5.99. The number of carbonyl (C=O) groups is 1. The largest absolute Gasteiger partial charge is 0.497 e. The van der Waals surface area contributed by atoms with Crippen LogP contribution in [0.2, 0.25) is 0 Å². The van der Waals surface area contributed by atoms with Crippen LogP contribution in [0.5, 0.6) is 11.5 Å². The highest BCUT2D eigenvalue weighted by Gasteiger charge is 2.17. The van der Waals surface area contributed by atoms with Gasteiger partial charge in [0.1, 0.15) is 16.9 Å². The first-order chi connectivity index (χ1) is 7.62. The molecule has 0 spiro atoms. The normalized spacial score (nSPS) is 11.8. The molecule has 0 fully saturated rings. The van der Waals surface area contributed by atoms with Gasteiger partial charge in [0, 0.05) is 13.1 Å². The van der Waals surface area contributed by atoms with Gasteiger partial charge >= 0.3 is 0 Å². The van der Waals surface area contributed by atoms with Crippen LogP contribution in [-0.2, 0) is 4.79 Å². The Bertz CT molecular complexity index is 359. The number of carbonyl (C=O) groups excluding carboxylic acids is 1. The van der Waals surface area contributed by atoms with E-state index in [4.69, 9.17) is 21.1 Å². The number of benzene rings is 1. The van der Waals surface area contributed by atoms with E-state index in [0.29, 0.717) is 17.1 Å². The second kappa shape index (κ2) is 5.61. The van der Waals surface area contributed by atoms with Crippen LogP contribution >= 0.6 is 11.6 Å². The lowest BCUT2D eigenvalue weighted by atomic mass is 10.1. The highest BCUT2D eigenvalue weighted by Crippen LogP contribution is 2.29. The molecule has 1 amide bonds. The highest BCUT2D eigenvalue weighted by atomic mass is 35.5. The van der Waals surface area contributed by atoms with E-state index in [0.717, 1.165) is 0 Å². The van der Waals surface area contributed by atoms with E-state index in [9.17, 15) is 4.79 Å². The zero-order valence-corrected chi connectivity index (χ0v) is 10.2. The maximum Gasteiger partial charge on any atom is 0.242 e. The maximum absolute atomic E-state index is 11.4. The van der Waals surface area contributed by atoms with Crippen molar-refractivity contribution in [3.8, 4) is 11.5 Å². The average Bonchev–Trinajstić information content (AvgIpc) is 2.35. The summed E-state index contributed by atoms with van der Waals surface area (Å²) in [6, 6.07) is 5.13. The minimum absolute atomic E-state index is 0.267. The van der Waals surface area contributed by atoms with Gasteiger partial charge < -0.3 is 14.8 Å². The molecular formula is C11H14ClNO3. The number of nitrogens with one attached hydrogen (secondary N) is 1. The minimum Gasteiger partial charge on any atom is -0.497 e. The van der Waals surface area contributed by atoms with Crippen LogP contribution < -0.4 is 14.8 Å². The molecule has 0 saturated carbocycles. The maximum atomic E-state index is 11.4. The molecule has 0 aromatic heterocycles. The second-order valence-electron chi connectivity index (χ2n) is 3.12. The van der Waals surface area contributed by atoms with E-state index >= 15 is 0 Å². The fraction of sp³-hybridized carbons (Fsp3) is 0.364. The minimum atomic E-state index is -0.756. The van der Waals surface area contributed by atoms with Crippen LogP contribution in [-0.4, -0.2) is 27.2 Å². The van der Waals surface area contributed by atoms with Crippen molar-refractivity contribution >= 4 is 17.5 Å². The quantitative estimate of drug-likeness (QED) is 0.820. The highest BCUT2D eigenvalue weighted by molar-refractivity contribution is 6.30. The first-order valence-corrected chi connectivity index (χ1v) is 5.14. The van der Waals surface area contributed by atoms with E-state index in [-0.39, 0.29) is 5.91 Å². The summed E-state index contributed by atoms with van der Waals surface area (Å²) in [6.45, 7) is 0. The number of ether oxygens (including phenoxy) is 2. The molecular weight excluding hydrogens is 230 g/mol. The van der Waals surface area contributed by atoms with Gasteiger partial charge in [-0.3, -0.25) is 4.79 Å². The van der Waals surface area contributed by atoms with Crippen LogP contribution in [0.3, 0.4) is 0 Å². The zero-order chi connectivity index (χ0) is 12.1. The molecule has 4 nitrogen and oxygen atoms in total. The van der Waals surface area contributed by atoms with Gasteiger partial charge in [0.2, 0.25) is 5.91 Å². The Morgan fingerprint density at radius 1 is 1.25 bits per heavy atom. The third kappa shape index (κ3) is 2.79. The molecule has 0 heterocycles. The molecule has 1 N–H and O–H groups in total. The predicted octanol–water partition coefficient (Wildman–Crippen LogP) is 1.73. The third-order valence-corrected chi connectivity index (χ3v) is 2.59. The van der Waals surface area contributed by atoms with E-state index in [1.165, 1.54) is 7.05 Å². The molecule has 0 aliphatic rings. The summed E-state index contributed by atoms with van der Waals surface area (Å²) in [5.41, 5.74) is 0.636. The molecule has 1 aromatic rings. The molecule has 0 radical (unpaired) electrons. The van der Waals surface area contributed by atoms with Gasteiger partial charge in [-0.05, 0) is 17.7 Å². The van der Waals surface area contributed by atoms with Crippen LogP contribution in [0.4, 0.5) is 0 Å². The summed E-state index contributed by atoms with van der Waals surface area (Å²) in [5.74, 6) is 0.935. The Hall–Kier alpha value is -1.42. The molecule has 5 heteroatoms. The lowest BCUT2D eigenvalue weighted by Gasteiger charge is -2.11. The van der Waals surface area contributed by atoms with Crippen LogP contribution in [0.15, 0.2) is 18.2 Å². The van der Waals surface area contributed by atoms with Gasteiger partial charge in [0.25, 0.3) is 0 Å². The third-order valence-electron chi connectivity index (χ3n) is 2.14. The number of hydrogen-bond acceptors (Lipinski definition) is 3. The van der Waals surface area contributed by atoms with Crippen LogP contribution in [0.1, 0.15) is 10.9 Å². The van der Waals surface area contributed by atoms with Gasteiger partial charge in [-0.15, -0.1) is 11.6 Å². The van der Waals surface area contributed by atoms with Gasteiger partial charge in [-0.25, -0.2) is 0 Å².